The second kappa shape index (κ2) is 5.81. The van der Waals surface area contributed by atoms with Crippen molar-refractivity contribution in [1.29, 1.82) is 0 Å². The Bertz CT molecular complexity index is 1010. The molecule has 2 saturated heterocycles. The third-order valence-electron chi connectivity index (χ3n) is 9.15. The van der Waals surface area contributed by atoms with Crippen LogP contribution in [0.4, 0.5) is 0 Å². The molecule has 7 rings (SSSR count). The van der Waals surface area contributed by atoms with Crippen LogP contribution < -0.4 is 4.74 Å². The lowest BCUT2D eigenvalue weighted by atomic mass is 9.48. The topological polar surface area (TPSA) is 90.3 Å². The van der Waals surface area contributed by atoms with Crippen LogP contribution in [0, 0.1) is 5.92 Å². The van der Waals surface area contributed by atoms with Crippen LogP contribution in [0.3, 0.4) is 0 Å². The first-order valence-corrected chi connectivity index (χ1v) is 11.8. The normalized spacial score (nSPS) is 40.8. The molecule has 0 aromatic heterocycles. The number of phenols is 1. The number of aliphatic hydroxyl groups is 1. The summed E-state index contributed by atoms with van der Waals surface area (Å²) in [5, 5.41) is 23.1. The van der Waals surface area contributed by atoms with Crippen molar-refractivity contribution < 1.29 is 24.5 Å². The fraction of sp³-hybridized carbons (Fsp3) is 0.667. The quantitative estimate of drug-likeness (QED) is 0.715. The molecule has 2 N–H and O–H groups in total. The lowest BCUT2D eigenvalue weighted by Crippen LogP contribution is -2.78. The molecule has 2 amide bonds. The van der Waals surface area contributed by atoms with Gasteiger partial charge in [-0.1, -0.05) is 6.07 Å². The van der Waals surface area contributed by atoms with Gasteiger partial charge in [0.15, 0.2) is 11.5 Å². The molecule has 7 nitrogen and oxygen atoms in total. The first-order chi connectivity index (χ1) is 14.9. The van der Waals surface area contributed by atoms with Gasteiger partial charge in [0, 0.05) is 31.0 Å². The van der Waals surface area contributed by atoms with Gasteiger partial charge in [-0.05, 0) is 62.6 Å². The van der Waals surface area contributed by atoms with Gasteiger partial charge < -0.3 is 14.9 Å². The summed E-state index contributed by atoms with van der Waals surface area (Å²) in [5.41, 5.74) is 0.390. The molecule has 3 heterocycles. The summed E-state index contributed by atoms with van der Waals surface area (Å²) in [4.78, 5) is 29.2. The van der Waals surface area contributed by atoms with Crippen LogP contribution in [-0.2, 0) is 21.4 Å². The summed E-state index contributed by atoms with van der Waals surface area (Å²) in [6.45, 7) is 1.90. The molecule has 2 saturated carbocycles. The van der Waals surface area contributed by atoms with Gasteiger partial charge in [0.25, 0.3) is 0 Å². The molecule has 2 bridgehead atoms. The lowest BCUT2D eigenvalue weighted by Gasteiger charge is -2.64. The molecule has 1 aromatic carbocycles. The Morgan fingerprint density at radius 1 is 1.10 bits per heavy atom. The van der Waals surface area contributed by atoms with Gasteiger partial charge in [-0.15, -0.1) is 0 Å². The Morgan fingerprint density at radius 2 is 1.87 bits per heavy atom. The number of benzene rings is 1. The number of imide groups is 1. The van der Waals surface area contributed by atoms with Gasteiger partial charge in [0.1, 0.15) is 6.10 Å². The molecule has 0 radical (unpaired) electrons. The standard InChI is InChI=1S/C24H28N2O5/c27-16-4-3-14-11-17-24(30)8-7-15(26-18(28)5-6-19(26)29)22-23(24,20(14)21(16)31-22)9-10-25(17)12-13-1-2-13/h3-4,13,15,17,22,27,30H,1-2,5-12H2/t15-,17-,22+,23+,24?/m1/s1. The summed E-state index contributed by atoms with van der Waals surface area (Å²) < 4.78 is 6.45. The maximum atomic E-state index is 12.6. The molecule has 4 fully saturated rings. The highest BCUT2D eigenvalue weighted by molar-refractivity contribution is 6.02. The SMILES string of the molecule is O=C1CCC(=O)N1[C@@H]1CCC2(O)[C@H]3Cc4ccc(O)c5c4[C@@]2(CCN3CC2CC2)[C@H]1O5. The highest BCUT2D eigenvalue weighted by atomic mass is 16.5. The van der Waals surface area contributed by atoms with Gasteiger partial charge in [0.2, 0.25) is 11.8 Å². The second-order valence-corrected chi connectivity index (χ2v) is 10.6. The van der Waals surface area contributed by atoms with Crippen molar-refractivity contribution in [3.63, 3.8) is 0 Å². The summed E-state index contributed by atoms with van der Waals surface area (Å²) in [5.74, 6) is 1.00. The number of likely N-dealkylation sites (tertiary alicyclic amines) is 2. The molecule has 1 aromatic rings. The number of rotatable bonds is 3. The van der Waals surface area contributed by atoms with Crippen LogP contribution in [0.2, 0.25) is 0 Å². The summed E-state index contributed by atoms with van der Waals surface area (Å²) in [7, 11) is 0. The van der Waals surface area contributed by atoms with Crippen LogP contribution in [0.15, 0.2) is 12.1 Å². The highest BCUT2D eigenvalue weighted by Gasteiger charge is 2.74. The number of hydrogen-bond acceptors (Lipinski definition) is 6. The fourth-order valence-electron chi connectivity index (χ4n) is 7.68. The van der Waals surface area contributed by atoms with E-state index >= 15 is 0 Å². The predicted octanol–water partition coefficient (Wildman–Crippen LogP) is 1.47. The van der Waals surface area contributed by atoms with Gasteiger partial charge in [-0.2, -0.15) is 0 Å². The van der Waals surface area contributed by atoms with E-state index in [2.05, 4.69) is 4.90 Å². The van der Waals surface area contributed by atoms with Gasteiger partial charge in [-0.3, -0.25) is 19.4 Å². The van der Waals surface area contributed by atoms with Crippen molar-refractivity contribution in [2.24, 2.45) is 5.92 Å². The van der Waals surface area contributed by atoms with Crippen molar-refractivity contribution in [3.8, 4) is 11.5 Å². The van der Waals surface area contributed by atoms with Crippen LogP contribution in [0.5, 0.6) is 11.5 Å². The first-order valence-electron chi connectivity index (χ1n) is 11.8. The first kappa shape index (κ1) is 18.5. The van der Waals surface area contributed by atoms with E-state index in [1.165, 1.54) is 17.7 Å². The minimum atomic E-state index is -0.987. The van der Waals surface area contributed by atoms with Crippen LogP contribution in [-0.4, -0.2) is 68.7 Å². The predicted molar refractivity (Wildman–Crippen MR) is 110 cm³/mol. The van der Waals surface area contributed by atoms with E-state index in [0.717, 1.165) is 36.6 Å². The van der Waals surface area contributed by atoms with Crippen LogP contribution >= 0.6 is 0 Å². The zero-order valence-corrected chi connectivity index (χ0v) is 17.5. The Hall–Kier alpha value is -2.12. The minimum Gasteiger partial charge on any atom is -0.504 e. The van der Waals surface area contributed by atoms with E-state index in [1.54, 1.807) is 6.07 Å². The van der Waals surface area contributed by atoms with E-state index in [4.69, 9.17) is 4.74 Å². The fourth-order valence-corrected chi connectivity index (χ4v) is 7.68. The summed E-state index contributed by atoms with van der Waals surface area (Å²) in [6.07, 6.45) is 5.07. The number of amides is 2. The number of aromatic hydroxyl groups is 1. The number of carbonyl (C=O) groups is 2. The van der Waals surface area contributed by atoms with Crippen LogP contribution in [0.1, 0.15) is 56.1 Å². The number of phenolic OH excluding ortho intramolecular Hbond substituents is 1. The maximum absolute atomic E-state index is 12.6. The smallest absolute Gasteiger partial charge is 0.230 e. The Kier molecular flexibility index (Phi) is 3.46. The van der Waals surface area contributed by atoms with Crippen molar-refractivity contribution in [2.75, 3.05) is 13.1 Å². The van der Waals surface area contributed by atoms with E-state index in [-0.39, 0.29) is 36.4 Å². The van der Waals surface area contributed by atoms with Gasteiger partial charge in [0.05, 0.1) is 17.1 Å². The van der Waals surface area contributed by atoms with E-state index < -0.39 is 23.2 Å². The number of carbonyl (C=O) groups excluding carboxylic acids is 2. The molecule has 6 aliphatic rings. The molecule has 31 heavy (non-hydrogen) atoms. The zero-order valence-electron chi connectivity index (χ0n) is 17.5. The Labute approximate surface area is 181 Å². The summed E-state index contributed by atoms with van der Waals surface area (Å²) in [6, 6.07) is 3.28. The average molecular weight is 424 g/mol. The number of ether oxygens (including phenoxy) is 1. The lowest BCUT2D eigenvalue weighted by molar-refractivity contribution is -0.201. The number of nitrogens with zero attached hydrogens (tertiary/aromatic N) is 2. The van der Waals surface area contributed by atoms with Crippen molar-refractivity contribution in [1.82, 2.24) is 9.80 Å². The van der Waals surface area contributed by atoms with Crippen molar-refractivity contribution >= 4 is 11.8 Å². The maximum Gasteiger partial charge on any atom is 0.230 e. The number of hydrogen-bond donors (Lipinski definition) is 2. The second-order valence-electron chi connectivity index (χ2n) is 10.6. The molecule has 7 heteroatoms. The van der Waals surface area contributed by atoms with Gasteiger partial charge >= 0.3 is 0 Å². The molecular formula is C24H28N2O5. The molecule has 3 aliphatic carbocycles. The molecular weight excluding hydrogens is 396 g/mol. The highest BCUT2D eigenvalue weighted by Crippen LogP contribution is 2.66. The van der Waals surface area contributed by atoms with E-state index in [0.29, 0.717) is 25.0 Å². The average Bonchev–Trinajstić information content (AvgIpc) is 3.40. The molecule has 164 valence electrons. The van der Waals surface area contributed by atoms with E-state index in [9.17, 15) is 19.8 Å². The largest absolute Gasteiger partial charge is 0.504 e. The van der Waals surface area contributed by atoms with Gasteiger partial charge in [-0.25, -0.2) is 0 Å². The monoisotopic (exact) mass is 424 g/mol. The zero-order chi connectivity index (χ0) is 21.1. The minimum absolute atomic E-state index is 0.00174. The van der Waals surface area contributed by atoms with Crippen molar-refractivity contribution in [3.05, 3.63) is 23.3 Å². The Balaban J connectivity index is 1.40. The van der Waals surface area contributed by atoms with E-state index in [1.807, 2.05) is 6.07 Å². The third-order valence-corrected chi connectivity index (χ3v) is 9.15. The molecule has 5 atom stereocenters. The molecule has 3 aliphatic heterocycles. The summed E-state index contributed by atoms with van der Waals surface area (Å²) >= 11 is 0. The molecule has 1 unspecified atom stereocenters. The van der Waals surface area contributed by atoms with Crippen LogP contribution in [0.25, 0.3) is 0 Å². The number of piperidine rings is 1. The molecule has 1 spiro atoms. The third kappa shape index (κ3) is 2.12. The Morgan fingerprint density at radius 3 is 2.61 bits per heavy atom. The van der Waals surface area contributed by atoms with Crippen molar-refractivity contribution in [2.45, 2.75) is 80.6 Å².